The largest absolute Gasteiger partial charge is 0.481 e. The highest BCUT2D eigenvalue weighted by Gasteiger charge is 2.41. The number of nitrogens with zero attached hydrogens (tertiary/aromatic N) is 4. The first-order chi connectivity index (χ1) is 11.8. The highest BCUT2D eigenvalue weighted by molar-refractivity contribution is 5.41. The molecule has 4 heterocycles. The van der Waals surface area contributed by atoms with E-state index in [0.717, 1.165) is 38.5 Å². The lowest BCUT2D eigenvalue weighted by molar-refractivity contribution is 0.215. The average molecular weight is 328 g/mol. The molecule has 1 atom stereocenters. The Morgan fingerprint density at radius 3 is 3.04 bits per heavy atom. The lowest BCUT2D eigenvalue weighted by Crippen LogP contribution is -2.45. The number of furan rings is 1. The highest BCUT2D eigenvalue weighted by Crippen LogP contribution is 2.40. The van der Waals surface area contributed by atoms with Crippen LogP contribution in [0, 0.1) is 5.41 Å². The van der Waals surface area contributed by atoms with Gasteiger partial charge >= 0.3 is 0 Å². The standard InChI is InChI=1S/C18H24N4O2/c1-23-17-9-16(19-14-20-17)22-6-2-4-18(13-22)5-7-21(12-18)10-15-3-8-24-11-15/h3,8-9,11,14H,2,4-7,10,12-13H2,1H3. The Morgan fingerprint density at radius 1 is 1.25 bits per heavy atom. The minimum Gasteiger partial charge on any atom is -0.481 e. The first-order valence-corrected chi connectivity index (χ1v) is 8.61. The van der Waals surface area contributed by atoms with Gasteiger partial charge in [0.1, 0.15) is 12.1 Å². The lowest BCUT2D eigenvalue weighted by atomic mass is 9.79. The van der Waals surface area contributed by atoms with Gasteiger partial charge in [0.15, 0.2) is 0 Å². The molecule has 2 aliphatic rings. The number of hydrogen-bond acceptors (Lipinski definition) is 6. The minimum absolute atomic E-state index is 0.375. The Bertz CT molecular complexity index is 675. The minimum atomic E-state index is 0.375. The van der Waals surface area contributed by atoms with Crippen LogP contribution in [0.2, 0.25) is 0 Å². The van der Waals surface area contributed by atoms with Crippen molar-refractivity contribution in [3.05, 3.63) is 36.5 Å². The molecule has 6 heteroatoms. The van der Waals surface area contributed by atoms with Gasteiger partial charge in [-0.05, 0) is 31.9 Å². The molecule has 0 aromatic carbocycles. The van der Waals surface area contributed by atoms with Crippen LogP contribution in [0.3, 0.4) is 0 Å². The van der Waals surface area contributed by atoms with Gasteiger partial charge < -0.3 is 14.1 Å². The van der Waals surface area contributed by atoms with Gasteiger partial charge in [-0.1, -0.05) is 0 Å². The van der Waals surface area contributed by atoms with Gasteiger partial charge in [-0.25, -0.2) is 9.97 Å². The third-order valence-corrected chi connectivity index (χ3v) is 5.33. The molecule has 6 nitrogen and oxygen atoms in total. The van der Waals surface area contributed by atoms with Crippen molar-refractivity contribution in [2.45, 2.75) is 25.8 Å². The second-order valence-electron chi connectivity index (χ2n) is 7.04. The summed E-state index contributed by atoms with van der Waals surface area (Å²) >= 11 is 0. The van der Waals surface area contributed by atoms with Crippen molar-refractivity contribution in [2.24, 2.45) is 5.41 Å². The zero-order valence-corrected chi connectivity index (χ0v) is 14.1. The van der Waals surface area contributed by atoms with Crippen LogP contribution in [0.25, 0.3) is 0 Å². The number of aromatic nitrogens is 2. The molecular formula is C18H24N4O2. The number of piperidine rings is 1. The van der Waals surface area contributed by atoms with E-state index in [9.17, 15) is 0 Å². The smallest absolute Gasteiger partial charge is 0.218 e. The van der Waals surface area contributed by atoms with Gasteiger partial charge in [0.2, 0.25) is 5.88 Å². The molecule has 0 amide bonds. The van der Waals surface area contributed by atoms with E-state index in [-0.39, 0.29) is 0 Å². The van der Waals surface area contributed by atoms with Crippen molar-refractivity contribution in [3.8, 4) is 5.88 Å². The first-order valence-electron chi connectivity index (χ1n) is 8.61. The lowest BCUT2D eigenvalue weighted by Gasteiger charge is -2.41. The Hall–Kier alpha value is -2.08. The van der Waals surface area contributed by atoms with Crippen LogP contribution >= 0.6 is 0 Å². The molecule has 0 radical (unpaired) electrons. The van der Waals surface area contributed by atoms with E-state index < -0.39 is 0 Å². The van der Waals surface area contributed by atoms with Crippen LogP contribution in [0.15, 0.2) is 35.4 Å². The molecular weight excluding hydrogens is 304 g/mol. The van der Waals surface area contributed by atoms with Crippen LogP contribution in [0.5, 0.6) is 5.88 Å². The monoisotopic (exact) mass is 328 g/mol. The number of rotatable bonds is 4. The molecule has 0 N–H and O–H groups in total. The quantitative estimate of drug-likeness (QED) is 0.860. The van der Waals surface area contributed by atoms with Crippen molar-refractivity contribution < 1.29 is 9.15 Å². The van der Waals surface area contributed by atoms with Crippen molar-refractivity contribution >= 4 is 5.82 Å². The third kappa shape index (κ3) is 3.11. The summed E-state index contributed by atoms with van der Waals surface area (Å²) in [6.45, 7) is 5.42. The molecule has 0 saturated carbocycles. The summed E-state index contributed by atoms with van der Waals surface area (Å²) in [5, 5.41) is 0. The topological polar surface area (TPSA) is 54.6 Å². The van der Waals surface area contributed by atoms with E-state index in [4.69, 9.17) is 9.15 Å². The summed E-state index contributed by atoms with van der Waals surface area (Å²) in [6.07, 6.45) is 8.97. The second kappa shape index (κ2) is 6.43. The molecule has 128 valence electrons. The van der Waals surface area contributed by atoms with E-state index in [0.29, 0.717) is 11.3 Å². The Kier molecular flexibility index (Phi) is 4.14. The van der Waals surface area contributed by atoms with Crippen molar-refractivity contribution in [3.63, 3.8) is 0 Å². The van der Waals surface area contributed by atoms with Gasteiger partial charge in [0, 0.05) is 43.2 Å². The third-order valence-electron chi connectivity index (χ3n) is 5.33. The number of hydrogen-bond donors (Lipinski definition) is 0. The molecule has 1 unspecified atom stereocenters. The van der Waals surface area contributed by atoms with Gasteiger partial charge in [0.05, 0.1) is 19.6 Å². The summed E-state index contributed by atoms with van der Waals surface area (Å²) in [7, 11) is 1.65. The van der Waals surface area contributed by atoms with E-state index in [1.807, 2.05) is 12.3 Å². The summed E-state index contributed by atoms with van der Waals surface area (Å²) in [5.74, 6) is 1.61. The Labute approximate surface area is 142 Å². The van der Waals surface area contributed by atoms with Crippen LogP contribution in [-0.4, -0.2) is 48.2 Å². The van der Waals surface area contributed by atoms with Gasteiger partial charge in [-0.2, -0.15) is 0 Å². The predicted molar refractivity (Wildman–Crippen MR) is 91.1 cm³/mol. The molecule has 2 aromatic rings. The van der Waals surface area contributed by atoms with E-state index >= 15 is 0 Å². The summed E-state index contributed by atoms with van der Waals surface area (Å²) in [6, 6.07) is 4.00. The van der Waals surface area contributed by atoms with Gasteiger partial charge in [-0.15, -0.1) is 0 Å². The summed E-state index contributed by atoms with van der Waals surface area (Å²) in [5.41, 5.74) is 1.64. The molecule has 2 aromatic heterocycles. The van der Waals surface area contributed by atoms with Crippen LogP contribution in [0.4, 0.5) is 5.82 Å². The van der Waals surface area contributed by atoms with Crippen LogP contribution in [-0.2, 0) is 6.54 Å². The molecule has 4 rings (SSSR count). The molecule has 0 aliphatic carbocycles. The van der Waals surface area contributed by atoms with Crippen molar-refractivity contribution in [2.75, 3.05) is 38.2 Å². The van der Waals surface area contributed by atoms with Crippen LogP contribution in [0.1, 0.15) is 24.8 Å². The first kappa shape index (κ1) is 15.4. The molecule has 24 heavy (non-hydrogen) atoms. The zero-order valence-electron chi connectivity index (χ0n) is 14.1. The van der Waals surface area contributed by atoms with Gasteiger partial charge in [-0.3, -0.25) is 4.90 Å². The number of anilines is 1. The van der Waals surface area contributed by atoms with Crippen molar-refractivity contribution in [1.82, 2.24) is 14.9 Å². The maximum atomic E-state index is 5.24. The molecule has 2 aliphatic heterocycles. The average Bonchev–Trinajstić information content (AvgIpc) is 3.26. The summed E-state index contributed by atoms with van der Waals surface area (Å²) in [4.78, 5) is 13.5. The van der Waals surface area contributed by atoms with Crippen LogP contribution < -0.4 is 9.64 Å². The van der Waals surface area contributed by atoms with Crippen molar-refractivity contribution in [1.29, 1.82) is 0 Å². The zero-order chi connectivity index (χ0) is 16.4. The number of likely N-dealkylation sites (tertiary alicyclic amines) is 1. The SMILES string of the molecule is COc1cc(N2CCCC3(CCN(Cc4ccoc4)C3)C2)ncn1. The predicted octanol–water partition coefficient (Wildman–Crippen LogP) is 2.57. The van der Waals surface area contributed by atoms with Gasteiger partial charge in [0.25, 0.3) is 0 Å². The molecule has 2 fully saturated rings. The van der Waals surface area contributed by atoms with E-state index in [1.54, 1.807) is 19.7 Å². The summed E-state index contributed by atoms with van der Waals surface area (Å²) < 4.78 is 10.4. The highest BCUT2D eigenvalue weighted by atomic mass is 16.5. The molecule has 1 spiro atoms. The maximum absolute atomic E-state index is 5.24. The fourth-order valence-corrected chi connectivity index (χ4v) is 4.15. The normalized spacial score (nSPS) is 24.6. The van der Waals surface area contributed by atoms with E-state index in [2.05, 4.69) is 25.8 Å². The molecule has 2 saturated heterocycles. The fourth-order valence-electron chi connectivity index (χ4n) is 4.15. The van der Waals surface area contributed by atoms with E-state index in [1.165, 1.54) is 24.8 Å². The second-order valence-corrected chi connectivity index (χ2v) is 7.04. The number of methoxy groups -OCH3 is 1. The fraction of sp³-hybridized carbons (Fsp3) is 0.556. The maximum Gasteiger partial charge on any atom is 0.218 e. The Balaban J connectivity index is 1.44. The number of ether oxygens (including phenoxy) is 1. The molecule has 0 bridgehead atoms. The Morgan fingerprint density at radius 2 is 2.21 bits per heavy atom.